The fourth-order valence-electron chi connectivity index (χ4n) is 3.02. The van der Waals surface area contributed by atoms with Crippen molar-refractivity contribution < 1.29 is 18.0 Å². The molecule has 0 spiro atoms. The second-order valence-electron chi connectivity index (χ2n) is 6.36. The monoisotopic (exact) mass is 376 g/mol. The van der Waals surface area contributed by atoms with E-state index in [1.54, 1.807) is 35.9 Å². The Labute approximate surface area is 151 Å². The molecule has 1 aliphatic heterocycles. The Morgan fingerprint density at radius 1 is 1.15 bits per heavy atom. The summed E-state index contributed by atoms with van der Waals surface area (Å²) in [5, 5.41) is 9.65. The molecule has 1 fully saturated rings. The Morgan fingerprint density at radius 2 is 1.77 bits per heavy atom. The summed E-state index contributed by atoms with van der Waals surface area (Å²) in [7, 11) is -3.02. The third kappa shape index (κ3) is 3.93. The van der Waals surface area contributed by atoms with E-state index in [9.17, 15) is 18.0 Å². The number of anilines is 2. The molecular formula is C17H20N4O4S. The maximum Gasteiger partial charge on any atom is 0.259 e. The van der Waals surface area contributed by atoms with Crippen molar-refractivity contribution in [3.8, 4) is 0 Å². The Balaban J connectivity index is 1.72. The predicted molar refractivity (Wildman–Crippen MR) is 98.0 cm³/mol. The minimum atomic E-state index is -3.02. The van der Waals surface area contributed by atoms with Crippen LogP contribution in [0.1, 0.15) is 35.4 Å². The summed E-state index contributed by atoms with van der Waals surface area (Å²) in [5.41, 5.74) is 2.27. The van der Waals surface area contributed by atoms with Crippen LogP contribution < -0.4 is 10.6 Å². The highest BCUT2D eigenvalue weighted by Crippen LogP contribution is 2.25. The van der Waals surface area contributed by atoms with Crippen molar-refractivity contribution in [2.24, 2.45) is 0 Å². The second-order valence-corrected chi connectivity index (χ2v) is 8.59. The SMILES string of the molecule is CC(=O)Nc1ccc(NC(=O)c2cnn(C3CCS(=O)(=O)C3)c2C)cc1. The molecule has 8 nitrogen and oxygen atoms in total. The van der Waals surface area contributed by atoms with Crippen LogP contribution in [0, 0.1) is 6.92 Å². The van der Waals surface area contributed by atoms with Crippen LogP contribution >= 0.6 is 0 Å². The molecule has 2 amide bonds. The zero-order valence-corrected chi connectivity index (χ0v) is 15.3. The number of carbonyl (C=O) groups excluding carboxylic acids is 2. The van der Waals surface area contributed by atoms with E-state index in [1.165, 1.54) is 13.1 Å². The van der Waals surface area contributed by atoms with Crippen LogP contribution in [-0.4, -0.2) is 41.5 Å². The van der Waals surface area contributed by atoms with Gasteiger partial charge < -0.3 is 10.6 Å². The molecule has 1 aromatic carbocycles. The van der Waals surface area contributed by atoms with E-state index in [0.29, 0.717) is 29.1 Å². The number of aromatic nitrogens is 2. The van der Waals surface area contributed by atoms with Crippen LogP contribution in [-0.2, 0) is 14.6 Å². The number of nitrogens with one attached hydrogen (secondary N) is 2. The Bertz CT molecular complexity index is 948. The first-order valence-corrected chi connectivity index (χ1v) is 10.0. The first kappa shape index (κ1) is 18.1. The summed E-state index contributed by atoms with van der Waals surface area (Å²) in [4.78, 5) is 23.5. The van der Waals surface area contributed by atoms with E-state index in [4.69, 9.17) is 0 Å². The van der Waals surface area contributed by atoms with Crippen LogP contribution in [0.4, 0.5) is 11.4 Å². The van der Waals surface area contributed by atoms with Gasteiger partial charge in [-0.05, 0) is 37.6 Å². The summed E-state index contributed by atoms with van der Waals surface area (Å²) in [5.74, 6) is -0.277. The standard InChI is InChI=1S/C17H20N4O4S/c1-11-16(9-18-21(11)15-7-8-26(24,25)10-15)17(23)20-14-5-3-13(4-6-14)19-12(2)22/h3-6,9,15H,7-8,10H2,1-2H3,(H,19,22)(H,20,23). The lowest BCUT2D eigenvalue weighted by atomic mass is 10.2. The van der Waals surface area contributed by atoms with Gasteiger partial charge in [0, 0.05) is 24.0 Å². The molecule has 26 heavy (non-hydrogen) atoms. The Hall–Kier alpha value is -2.68. The molecule has 1 atom stereocenters. The average Bonchev–Trinajstić information content (AvgIpc) is 3.11. The number of rotatable bonds is 4. The molecule has 0 saturated carbocycles. The van der Waals surface area contributed by atoms with Gasteiger partial charge in [-0.1, -0.05) is 0 Å². The van der Waals surface area contributed by atoms with Gasteiger partial charge in [0.2, 0.25) is 5.91 Å². The number of nitrogens with zero attached hydrogens (tertiary/aromatic N) is 2. The molecule has 138 valence electrons. The number of sulfone groups is 1. The first-order chi connectivity index (χ1) is 12.2. The van der Waals surface area contributed by atoms with E-state index in [-0.39, 0.29) is 29.4 Å². The third-order valence-corrected chi connectivity index (χ3v) is 6.06. The summed E-state index contributed by atoms with van der Waals surface area (Å²) in [6, 6.07) is 6.53. The lowest BCUT2D eigenvalue weighted by molar-refractivity contribution is -0.114. The molecule has 1 aromatic heterocycles. The highest BCUT2D eigenvalue weighted by Gasteiger charge is 2.31. The molecule has 2 heterocycles. The summed E-state index contributed by atoms with van der Waals surface area (Å²) in [6.45, 7) is 3.18. The smallest absolute Gasteiger partial charge is 0.259 e. The van der Waals surface area contributed by atoms with Crippen molar-refractivity contribution in [2.45, 2.75) is 26.3 Å². The van der Waals surface area contributed by atoms with Gasteiger partial charge in [0.05, 0.1) is 29.3 Å². The maximum atomic E-state index is 12.5. The fourth-order valence-corrected chi connectivity index (χ4v) is 4.71. The number of benzene rings is 1. The molecule has 1 aliphatic rings. The van der Waals surface area contributed by atoms with E-state index in [0.717, 1.165) is 0 Å². The molecule has 1 unspecified atom stereocenters. The highest BCUT2D eigenvalue weighted by atomic mass is 32.2. The van der Waals surface area contributed by atoms with E-state index in [2.05, 4.69) is 15.7 Å². The van der Waals surface area contributed by atoms with Gasteiger partial charge in [-0.15, -0.1) is 0 Å². The zero-order chi connectivity index (χ0) is 18.9. The molecule has 9 heteroatoms. The Kier molecular flexibility index (Phi) is 4.82. The number of hydrogen-bond donors (Lipinski definition) is 2. The largest absolute Gasteiger partial charge is 0.326 e. The minimum absolute atomic E-state index is 0.0567. The van der Waals surface area contributed by atoms with E-state index in [1.807, 2.05) is 0 Å². The van der Waals surface area contributed by atoms with Crippen LogP contribution in [0.25, 0.3) is 0 Å². The van der Waals surface area contributed by atoms with Gasteiger partial charge in [0.1, 0.15) is 0 Å². The van der Waals surface area contributed by atoms with Gasteiger partial charge in [-0.2, -0.15) is 5.10 Å². The number of hydrogen-bond acceptors (Lipinski definition) is 5. The van der Waals surface area contributed by atoms with Gasteiger partial charge >= 0.3 is 0 Å². The fraction of sp³-hybridized carbons (Fsp3) is 0.353. The van der Waals surface area contributed by atoms with Crippen molar-refractivity contribution in [3.05, 3.63) is 41.7 Å². The molecule has 2 aromatic rings. The molecular weight excluding hydrogens is 356 g/mol. The minimum Gasteiger partial charge on any atom is -0.326 e. The lowest BCUT2D eigenvalue weighted by Crippen LogP contribution is -2.16. The van der Waals surface area contributed by atoms with E-state index < -0.39 is 9.84 Å². The molecule has 0 radical (unpaired) electrons. The van der Waals surface area contributed by atoms with Gasteiger partial charge in [-0.25, -0.2) is 8.42 Å². The van der Waals surface area contributed by atoms with E-state index >= 15 is 0 Å². The van der Waals surface area contributed by atoms with Gasteiger partial charge in [0.15, 0.2) is 9.84 Å². The average molecular weight is 376 g/mol. The number of amides is 2. The second kappa shape index (κ2) is 6.91. The van der Waals surface area contributed by atoms with Gasteiger partial charge in [-0.3, -0.25) is 14.3 Å². The van der Waals surface area contributed by atoms with Crippen molar-refractivity contribution >= 4 is 33.0 Å². The van der Waals surface area contributed by atoms with Crippen LogP contribution in [0.5, 0.6) is 0 Å². The third-order valence-electron chi connectivity index (χ3n) is 4.31. The van der Waals surface area contributed by atoms with Crippen LogP contribution in [0.3, 0.4) is 0 Å². The first-order valence-electron chi connectivity index (χ1n) is 8.19. The van der Waals surface area contributed by atoms with Gasteiger partial charge in [0.25, 0.3) is 5.91 Å². The molecule has 0 aliphatic carbocycles. The number of carbonyl (C=O) groups is 2. The Morgan fingerprint density at radius 3 is 2.31 bits per heavy atom. The maximum absolute atomic E-state index is 12.5. The van der Waals surface area contributed by atoms with Crippen LogP contribution in [0.2, 0.25) is 0 Å². The zero-order valence-electron chi connectivity index (χ0n) is 14.5. The lowest BCUT2D eigenvalue weighted by Gasteiger charge is -2.11. The molecule has 0 bridgehead atoms. The highest BCUT2D eigenvalue weighted by molar-refractivity contribution is 7.91. The topological polar surface area (TPSA) is 110 Å². The quantitative estimate of drug-likeness (QED) is 0.845. The van der Waals surface area contributed by atoms with Crippen molar-refractivity contribution in [1.29, 1.82) is 0 Å². The van der Waals surface area contributed by atoms with Crippen molar-refractivity contribution in [2.75, 3.05) is 22.1 Å². The summed E-state index contributed by atoms with van der Waals surface area (Å²) >= 11 is 0. The van der Waals surface area contributed by atoms with Crippen LogP contribution in [0.15, 0.2) is 30.5 Å². The molecule has 2 N–H and O–H groups in total. The molecule has 3 rings (SSSR count). The summed E-state index contributed by atoms with van der Waals surface area (Å²) in [6.07, 6.45) is 1.97. The summed E-state index contributed by atoms with van der Waals surface area (Å²) < 4.78 is 24.9. The molecule has 1 saturated heterocycles. The predicted octanol–water partition coefficient (Wildman–Crippen LogP) is 1.76. The van der Waals surface area contributed by atoms with Crippen molar-refractivity contribution in [3.63, 3.8) is 0 Å². The normalized spacial score (nSPS) is 18.5. The van der Waals surface area contributed by atoms with Crippen molar-refractivity contribution in [1.82, 2.24) is 9.78 Å².